The van der Waals surface area contributed by atoms with Crippen LogP contribution in [0.3, 0.4) is 0 Å². The fourth-order valence-electron chi connectivity index (χ4n) is 0.739. The van der Waals surface area contributed by atoms with Crippen molar-refractivity contribution in [3.05, 3.63) is 20.8 Å². The van der Waals surface area contributed by atoms with Crippen LogP contribution in [0.4, 0.5) is 0 Å². The molecule has 0 fully saturated rings. The van der Waals surface area contributed by atoms with E-state index < -0.39 is 12.0 Å². The summed E-state index contributed by atoms with van der Waals surface area (Å²) in [6, 6.07) is 2.99. The zero-order valence-electron chi connectivity index (χ0n) is 6.41. The van der Waals surface area contributed by atoms with Gasteiger partial charge < -0.3 is 10.5 Å². The molecule has 1 atom stereocenters. The van der Waals surface area contributed by atoms with Gasteiger partial charge in [0.2, 0.25) is 0 Å². The van der Waals surface area contributed by atoms with Gasteiger partial charge in [0.25, 0.3) is 0 Å². The Morgan fingerprint density at radius 3 is 2.83 bits per heavy atom. The van der Waals surface area contributed by atoms with Crippen molar-refractivity contribution < 1.29 is 9.53 Å². The van der Waals surface area contributed by atoms with Crippen molar-refractivity contribution in [3.63, 3.8) is 0 Å². The van der Waals surface area contributed by atoms with Crippen LogP contribution < -0.4 is 5.73 Å². The van der Waals surface area contributed by atoms with E-state index in [4.69, 9.17) is 5.73 Å². The van der Waals surface area contributed by atoms with E-state index in [1.807, 2.05) is 6.07 Å². The largest absolute Gasteiger partial charge is 0.468 e. The number of halogens is 1. The Morgan fingerprint density at radius 2 is 2.42 bits per heavy atom. The predicted octanol–water partition coefficient (Wildman–Crippen LogP) is 1.68. The summed E-state index contributed by atoms with van der Waals surface area (Å²) >= 11 is 4.71. The number of rotatable bonds is 2. The third-order valence-electron chi connectivity index (χ3n) is 1.36. The lowest BCUT2D eigenvalue weighted by Crippen LogP contribution is -2.21. The Bertz CT molecular complexity index is 287. The minimum absolute atomic E-state index is 0.413. The number of carbonyl (C=O) groups excluding carboxylic acids is 1. The summed E-state index contributed by atoms with van der Waals surface area (Å²) in [5.74, 6) is -0.413. The van der Waals surface area contributed by atoms with Gasteiger partial charge in [-0.05, 0) is 28.1 Å². The number of esters is 1. The molecule has 0 unspecified atom stereocenters. The minimum Gasteiger partial charge on any atom is -0.468 e. The number of methoxy groups -OCH3 is 1. The fourth-order valence-corrected chi connectivity index (χ4v) is 2.15. The summed E-state index contributed by atoms with van der Waals surface area (Å²) in [6.45, 7) is 0. The first-order chi connectivity index (χ1) is 5.65. The molecule has 0 bridgehead atoms. The van der Waals surface area contributed by atoms with Crippen molar-refractivity contribution in [2.24, 2.45) is 5.73 Å². The Labute approximate surface area is 82.6 Å². The second-order valence-corrected chi connectivity index (χ2v) is 4.64. The van der Waals surface area contributed by atoms with E-state index in [0.717, 1.165) is 8.66 Å². The molecule has 1 aromatic rings. The summed E-state index contributed by atoms with van der Waals surface area (Å²) < 4.78 is 5.46. The van der Waals surface area contributed by atoms with Crippen LogP contribution in [0.15, 0.2) is 15.9 Å². The van der Waals surface area contributed by atoms with Crippen LogP contribution in [-0.4, -0.2) is 13.1 Å². The number of hydrogen-bond acceptors (Lipinski definition) is 4. The van der Waals surface area contributed by atoms with Crippen molar-refractivity contribution >= 4 is 33.2 Å². The molecule has 1 aromatic heterocycles. The molecule has 0 saturated heterocycles. The van der Waals surface area contributed by atoms with Crippen LogP contribution in [0.25, 0.3) is 0 Å². The molecule has 0 amide bonds. The number of ether oxygens (including phenoxy) is 1. The molecule has 0 aromatic carbocycles. The molecule has 3 nitrogen and oxygen atoms in total. The molecule has 1 heterocycles. The normalized spacial score (nSPS) is 12.6. The standard InChI is InChI=1S/C7H8BrNO2S/c1-11-7(10)6(9)4-2-3-5(8)12-4/h2-3,6H,9H2,1H3/t6-/m1/s1. The van der Waals surface area contributed by atoms with E-state index in [9.17, 15) is 4.79 Å². The first-order valence-electron chi connectivity index (χ1n) is 3.24. The highest BCUT2D eigenvalue weighted by atomic mass is 79.9. The van der Waals surface area contributed by atoms with Crippen molar-refractivity contribution in [2.75, 3.05) is 7.11 Å². The van der Waals surface area contributed by atoms with Crippen LogP contribution in [0.1, 0.15) is 10.9 Å². The van der Waals surface area contributed by atoms with Crippen molar-refractivity contribution in [3.8, 4) is 0 Å². The van der Waals surface area contributed by atoms with Crippen LogP contribution >= 0.6 is 27.3 Å². The zero-order chi connectivity index (χ0) is 9.14. The van der Waals surface area contributed by atoms with Crippen LogP contribution in [0.2, 0.25) is 0 Å². The molecular formula is C7H8BrNO2S. The Hall–Kier alpha value is -0.390. The van der Waals surface area contributed by atoms with Gasteiger partial charge in [-0.3, -0.25) is 0 Å². The average Bonchev–Trinajstić information content (AvgIpc) is 2.49. The summed E-state index contributed by atoms with van der Waals surface area (Å²) in [4.78, 5) is 11.8. The lowest BCUT2D eigenvalue weighted by atomic mass is 10.3. The molecule has 0 spiro atoms. The van der Waals surface area contributed by atoms with Gasteiger partial charge in [-0.15, -0.1) is 11.3 Å². The van der Waals surface area contributed by atoms with Gasteiger partial charge in [0.05, 0.1) is 10.9 Å². The summed E-state index contributed by atoms with van der Waals surface area (Å²) in [5, 5.41) is 0. The maximum Gasteiger partial charge on any atom is 0.328 e. The molecular weight excluding hydrogens is 242 g/mol. The fraction of sp³-hybridized carbons (Fsp3) is 0.286. The SMILES string of the molecule is COC(=O)[C@H](N)c1ccc(Br)s1. The van der Waals surface area contributed by atoms with Gasteiger partial charge in [0.1, 0.15) is 6.04 Å². The lowest BCUT2D eigenvalue weighted by molar-refractivity contribution is -0.142. The van der Waals surface area contributed by atoms with E-state index in [1.54, 1.807) is 6.07 Å². The van der Waals surface area contributed by atoms with Gasteiger partial charge in [0.15, 0.2) is 0 Å². The van der Waals surface area contributed by atoms with Crippen molar-refractivity contribution in [1.29, 1.82) is 0 Å². The molecule has 0 aliphatic heterocycles. The van der Waals surface area contributed by atoms with Gasteiger partial charge in [0, 0.05) is 4.88 Å². The van der Waals surface area contributed by atoms with E-state index in [-0.39, 0.29) is 0 Å². The Morgan fingerprint density at radius 1 is 1.75 bits per heavy atom. The van der Waals surface area contributed by atoms with Crippen LogP contribution in [0.5, 0.6) is 0 Å². The molecule has 12 heavy (non-hydrogen) atoms. The highest BCUT2D eigenvalue weighted by Crippen LogP contribution is 2.26. The third-order valence-corrected chi connectivity index (χ3v) is 3.06. The van der Waals surface area contributed by atoms with E-state index >= 15 is 0 Å². The molecule has 66 valence electrons. The summed E-state index contributed by atoms with van der Waals surface area (Å²) in [6.07, 6.45) is 0. The van der Waals surface area contributed by atoms with Gasteiger partial charge in [-0.2, -0.15) is 0 Å². The van der Waals surface area contributed by atoms with Crippen LogP contribution in [-0.2, 0) is 9.53 Å². The lowest BCUT2D eigenvalue weighted by Gasteiger charge is -2.05. The van der Waals surface area contributed by atoms with Crippen molar-refractivity contribution in [2.45, 2.75) is 6.04 Å². The molecule has 0 aliphatic rings. The molecule has 1 rings (SSSR count). The number of nitrogens with two attached hydrogens (primary N) is 1. The Balaban J connectivity index is 2.77. The van der Waals surface area contributed by atoms with E-state index in [1.165, 1.54) is 18.4 Å². The second-order valence-electron chi connectivity index (χ2n) is 2.14. The zero-order valence-corrected chi connectivity index (χ0v) is 8.81. The maximum absolute atomic E-state index is 11.0. The molecule has 2 N–H and O–H groups in total. The second kappa shape index (κ2) is 4.02. The Kier molecular flexibility index (Phi) is 3.25. The van der Waals surface area contributed by atoms with Gasteiger partial charge in [-0.1, -0.05) is 0 Å². The molecule has 0 radical (unpaired) electrons. The number of carbonyl (C=O) groups is 1. The van der Waals surface area contributed by atoms with Gasteiger partial charge >= 0.3 is 5.97 Å². The topological polar surface area (TPSA) is 52.3 Å². The van der Waals surface area contributed by atoms with Crippen molar-refractivity contribution in [1.82, 2.24) is 0 Å². The first kappa shape index (κ1) is 9.70. The first-order valence-corrected chi connectivity index (χ1v) is 4.84. The quantitative estimate of drug-likeness (QED) is 0.812. The smallest absolute Gasteiger partial charge is 0.328 e. The monoisotopic (exact) mass is 249 g/mol. The van der Waals surface area contributed by atoms with Gasteiger partial charge in [-0.25, -0.2) is 4.79 Å². The average molecular weight is 250 g/mol. The summed E-state index contributed by atoms with van der Waals surface area (Å²) in [5.41, 5.74) is 5.58. The number of thiophene rings is 1. The minimum atomic E-state index is -0.661. The highest BCUT2D eigenvalue weighted by Gasteiger charge is 2.17. The third kappa shape index (κ3) is 2.06. The number of hydrogen-bond donors (Lipinski definition) is 1. The van der Waals surface area contributed by atoms with E-state index in [0.29, 0.717) is 0 Å². The molecule has 0 saturated carbocycles. The predicted molar refractivity (Wildman–Crippen MR) is 51.0 cm³/mol. The summed E-state index contributed by atoms with van der Waals surface area (Å²) in [7, 11) is 1.32. The molecule has 0 aliphatic carbocycles. The van der Waals surface area contributed by atoms with Crippen LogP contribution in [0, 0.1) is 0 Å². The maximum atomic E-state index is 11.0. The highest BCUT2D eigenvalue weighted by molar-refractivity contribution is 9.11. The van der Waals surface area contributed by atoms with E-state index in [2.05, 4.69) is 20.7 Å². The molecule has 5 heteroatoms.